The van der Waals surface area contributed by atoms with Gasteiger partial charge in [-0.3, -0.25) is 30.0 Å². The molecule has 0 aliphatic carbocycles. The van der Waals surface area contributed by atoms with E-state index in [-0.39, 0.29) is 24.0 Å². The van der Waals surface area contributed by atoms with E-state index in [9.17, 15) is 35.9 Å². The van der Waals surface area contributed by atoms with Crippen LogP contribution in [0.15, 0.2) is 63.0 Å². The average molecular weight is 561 g/mol. The number of rotatable bonds is 6. The summed E-state index contributed by atoms with van der Waals surface area (Å²) in [6.45, 7) is 0. The van der Waals surface area contributed by atoms with Crippen LogP contribution < -0.4 is 15.9 Å². The van der Waals surface area contributed by atoms with Crippen LogP contribution in [0.25, 0.3) is 0 Å². The normalized spacial score (nSPS) is 11.7. The number of ether oxygens (including phenoxy) is 1. The van der Waals surface area contributed by atoms with Crippen molar-refractivity contribution in [3.05, 3.63) is 103 Å². The molecule has 2 heterocycles. The summed E-state index contributed by atoms with van der Waals surface area (Å²) in [5.74, 6) is 0.600. The van der Waals surface area contributed by atoms with Crippen LogP contribution in [0, 0.1) is 0 Å². The predicted molar refractivity (Wildman–Crippen MR) is 130 cm³/mol. The number of aromatic nitrogens is 4. The first kappa shape index (κ1) is 28.8. The van der Waals surface area contributed by atoms with E-state index < -0.39 is 34.9 Å². The molecule has 2 aromatic heterocycles. The molecule has 0 unspecified atom stereocenters. The molecule has 2 aromatic carbocycles. The van der Waals surface area contributed by atoms with Gasteiger partial charge in [0.15, 0.2) is 0 Å². The van der Waals surface area contributed by atoms with Crippen LogP contribution in [0.3, 0.4) is 0 Å². The van der Waals surface area contributed by atoms with Crippen LogP contribution in [-0.4, -0.2) is 33.8 Å². The van der Waals surface area contributed by atoms with Crippen molar-refractivity contribution < 1.29 is 31.1 Å². The molecule has 0 amide bonds. The number of hydrogen-bond donors (Lipinski definition) is 4. The van der Waals surface area contributed by atoms with Gasteiger partial charge in [-0.15, -0.1) is 11.8 Å². The molecule has 0 fully saturated rings. The van der Waals surface area contributed by atoms with Gasteiger partial charge in [-0.25, -0.2) is 0 Å². The van der Waals surface area contributed by atoms with Gasteiger partial charge in [-0.05, 0) is 41.6 Å². The van der Waals surface area contributed by atoms with Crippen LogP contribution in [0.5, 0.6) is 5.75 Å². The second-order valence-electron chi connectivity index (χ2n) is 7.91. The van der Waals surface area contributed by atoms with Gasteiger partial charge in [-0.1, -0.05) is 24.3 Å². The first-order chi connectivity index (χ1) is 17.8. The van der Waals surface area contributed by atoms with E-state index >= 15 is 0 Å². The molecule has 0 saturated carbocycles. The molecule has 0 radical (unpaired) electrons. The highest BCUT2D eigenvalue weighted by molar-refractivity contribution is 7.98. The van der Waals surface area contributed by atoms with Crippen LogP contribution in [0.4, 0.5) is 26.3 Å². The quantitative estimate of drug-likeness (QED) is 0.188. The molecular formula is C24H22F6N4O3S. The topological polar surface area (TPSA) is 107 Å². The zero-order valence-corrected chi connectivity index (χ0v) is 20.8. The maximum Gasteiger partial charge on any atom is 0.433 e. The highest BCUT2D eigenvalue weighted by atomic mass is 32.2. The fourth-order valence-corrected chi connectivity index (χ4v) is 3.89. The zero-order chi connectivity index (χ0) is 28.1. The minimum absolute atomic E-state index is 0.0532. The number of benzene rings is 2. The maximum atomic E-state index is 12.7. The summed E-state index contributed by atoms with van der Waals surface area (Å²) in [7, 11) is 1.49. The van der Waals surface area contributed by atoms with Gasteiger partial charge in [-0.2, -0.15) is 26.3 Å². The lowest BCUT2D eigenvalue weighted by Crippen LogP contribution is -2.13. The molecule has 204 valence electrons. The second-order valence-corrected chi connectivity index (χ2v) is 8.79. The van der Waals surface area contributed by atoms with Crippen molar-refractivity contribution in [1.82, 2.24) is 20.4 Å². The zero-order valence-electron chi connectivity index (χ0n) is 19.9. The van der Waals surface area contributed by atoms with E-state index in [0.717, 1.165) is 4.90 Å². The van der Waals surface area contributed by atoms with Crippen molar-refractivity contribution >= 4 is 11.8 Å². The summed E-state index contributed by atoms with van der Waals surface area (Å²) >= 11 is 1.54. The number of H-pyrrole nitrogens is 4. The third-order valence-corrected chi connectivity index (χ3v) is 6.14. The van der Waals surface area contributed by atoms with Gasteiger partial charge in [0.2, 0.25) is 0 Å². The molecule has 0 bridgehead atoms. The van der Waals surface area contributed by atoms with Crippen LogP contribution in [0.2, 0.25) is 0 Å². The van der Waals surface area contributed by atoms with Crippen molar-refractivity contribution in [2.24, 2.45) is 0 Å². The predicted octanol–water partition coefficient (Wildman–Crippen LogP) is 5.36. The van der Waals surface area contributed by atoms with E-state index in [1.165, 1.54) is 7.11 Å². The molecule has 0 saturated heterocycles. The molecule has 4 rings (SSSR count). The van der Waals surface area contributed by atoms with Crippen molar-refractivity contribution in [3.8, 4) is 5.75 Å². The SMILES string of the molecule is COc1ccc(Cc2c(C(F)(F)F)[nH][nH]c2=O)cc1.CSc1ccc(Cc2c(C(F)(F)F)[nH][nH]c2=O)cc1. The third-order valence-electron chi connectivity index (χ3n) is 5.40. The minimum Gasteiger partial charge on any atom is -0.497 e. The van der Waals surface area contributed by atoms with E-state index in [1.54, 1.807) is 48.2 Å². The third kappa shape index (κ3) is 7.15. The Bertz CT molecular complexity index is 1340. The standard InChI is InChI=1S/C12H11F3N2O2.C12H11F3N2OS/c2*1-19-8-4-2-7(3-5-8)6-9-10(12(13,14)15)16-17-11(9)18/h2*2-5H,6H2,1H3,(H2,16,17,18). The van der Waals surface area contributed by atoms with E-state index in [4.69, 9.17) is 4.74 Å². The Morgan fingerprint density at radius 1 is 0.684 bits per heavy atom. The Kier molecular flexibility index (Phi) is 8.86. The smallest absolute Gasteiger partial charge is 0.433 e. The van der Waals surface area contributed by atoms with Crippen molar-refractivity contribution in [3.63, 3.8) is 0 Å². The lowest BCUT2D eigenvalue weighted by molar-refractivity contribution is -0.142. The fourth-order valence-electron chi connectivity index (χ4n) is 3.48. The molecule has 4 aromatic rings. The van der Waals surface area contributed by atoms with Crippen molar-refractivity contribution in [1.29, 1.82) is 0 Å². The molecule has 0 aliphatic heterocycles. The van der Waals surface area contributed by atoms with Gasteiger partial charge < -0.3 is 4.74 Å². The summed E-state index contributed by atoms with van der Waals surface area (Å²) in [6, 6.07) is 13.6. The van der Waals surface area contributed by atoms with E-state index in [0.29, 0.717) is 16.9 Å². The first-order valence-corrected chi connectivity index (χ1v) is 12.0. The highest BCUT2D eigenvalue weighted by Crippen LogP contribution is 2.31. The number of alkyl halides is 6. The fraction of sp³-hybridized carbons (Fsp3) is 0.250. The second kappa shape index (κ2) is 11.7. The van der Waals surface area contributed by atoms with Crippen molar-refractivity contribution in [2.45, 2.75) is 30.1 Å². The molecule has 7 nitrogen and oxygen atoms in total. The van der Waals surface area contributed by atoms with Gasteiger partial charge in [0, 0.05) is 17.7 Å². The molecule has 38 heavy (non-hydrogen) atoms. The molecule has 0 aliphatic rings. The van der Waals surface area contributed by atoms with E-state index in [2.05, 4.69) is 0 Å². The minimum atomic E-state index is -4.58. The molecule has 0 atom stereocenters. The summed E-state index contributed by atoms with van der Waals surface area (Å²) < 4.78 is 81.0. The Balaban J connectivity index is 0.000000211. The van der Waals surface area contributed by atoms with Crippen LogP contribution >= 0.6 is 11.8 Å². The van der Waals surface area contributed by atoms with Crippen LogP contribution in [0.1, 0.15) is 33.6 Å². The van der Waals surface area contributed by atoms with Gasteiger partial charge >= 0.3 is 12.4 Å². The maximum absolute atomic E-state index is 12.7. The Labute approximate surface area is 215 Å². The molecule has 14 heteroatoms. The summed E-state index contributed by atoms with van der Waals surface area (Å²) in [5.41, 5.74) is -2.89. The Morgan fingerprint density at radius 3 is 1.42 bits per heavy atom. The first-order valence-electron chi connectivity index (χ1n) is 10.8. The number of hydrogen-bond acceptors (Lipinski definition) is 4. The summed E-state index contributed by atoms with van der Waals surface area (Å²) in [4.78, 5) is 23.8. The number of methoxy groups -OCH3 is 1. The monoisotopic (exact) mass is 560 g/mol. The van der Waals surface area contributed by atoms with Gasteiger partial charge in [0.1, 0.15) is 17.1 Å². The number of thioether (sulfide) groups is 1. The number of halogens is 6. The van der Waals surface area contributed by atoms with Crippen molar-refractivity contribution in [2.75, 3.05) is 13.4 Å². The molecule has 4 N–H and O–H groups in total. The Hall–Kier alpha value is -3.81. The summed E-state index contributed by atoms with van der Waals surface area (Å²) in [5, 5.41) is 7.70. The van der Waals surface area contributed by atoms with Gasteiger partial charge in [0.05, 0.1) is 18.2 Å². The number of nitrogens with one attached hydrogen (secondary N) is 4. The van der Waals surface area contributed by atoms with Crippen LogP contribution in [-0.2, 0) is 25.2 Å². The molecular weight excluding hydrogens is 538 g/mol. The highest BCUT2D eigenvalue weighted by Gasteiger charge is 2.37. The Morgan fingerprint density at radius 2 is 1.08 bits per heavy atom. The largest absolute Gasteiger partial charge is 0.497 e. The van der Waals surface area contributed by atoms with E-state index in [1.807, 2.05) is 38.8 Å². The summed E-state index contributed by atoms with van der Waals surface area (Å²) in [6.07, 6.45) is -7.39. The van der Waals surface area contributed by atoms with Gasteiger partial charge in [0.25, 0.3) is 11.1 Å². The lowest BCUT2D eigenvalue weighted by Gasteiger charge is -2.07. The lowest BCUT2D eigenvalue weighted by atomic mass is 10.1. The molecule has 0 spiro atoms. The number of aromatic amines is 4. The average Bonchev–Trinajstić information content (AvgIpc) is 3.42.